The van der Waals surface area contributed by atoms with Crippen LogP contribution in [0.4, 0.5) is 0 Å². The van der Waals surface area contributed by atoms with Crippen LogP contribution in [-0.2, 0) is 14.9 Å². The predicted octanol–water partition coefficient (Wildman–Crippen LogP) is 4.73. The first-order valence-electron chi connectivity index (χ1n) is 8.29. The fourth-order valence-corrected chi connectivity index (χ4v) is 2.60. The lowest BCUT2D eigenvalue weighted by molar-refractivity contribution is -0.158. The van der Waals surface area contributed by atoms with Gasteiger partial charge in [0.2, 0.25) is 0 Å². The lowest BCUT2D eigenvalue weighted by Crippen LogP contribution is -2.39. The number of carbonyl (C=O) groups is 1. The summed E-state index contributed by atoms with van der Waals surface area (Å²) in [6, 6.07) is 18.3. The molecule has 0 saturated carbocycles. The molecule has 0 aliphatic rings. The topological polar surface area (TPSA) is 35.5 Å². The summed E-state index contributed by atoms with van der Waals surface area (Å²) in [5, 5.41) is 0. The molecule has 2 rings (SSSR count). The summed E-state index contributed by atoms with van der Waals surface area (Å²) < 4.78 is 10.9. The van der Waals surface area contributed by atoms with E-state index in [-0.39, 0.29) is 11.4 Å². The van der Waals surface area contributed by atoms with E-state index in [4.69, 9.17) is 9.47 Å². The normalized spacial score (nSPS) is 11.9. The van der Waals surface area contributed by atoms with Crippen molar-refractivity contribution < 1.29 is 14.3 Å². The number of rotatable bonds is 6. The lowest BCUT2D eigenvalue weighted by atomic mass is 9.78. The number of hydrogen-bond acceptors (Lipinski definition) is 3. The summed E-state index contributed by atoms with van der Waals surface area (Å²) in [7, 11) is 0. The van der Waals surface area contributed by atoms with Gasteiger partial charge in [-0.15, -0.1) is 0 Å². The molecule has 3 heteroatoms. The lowest BCUT2D eigenvalue weighted by Gasteiger charge is -2.27. The van der Waals surface area contributed by atoms with Gasteiger partial charge in [0.25, 0.3) is 0 Å². The second kappa shape index (κ2) is 7.08. The third-order valence-corrected chi connectivity index (χ3v) is 4.21. The van der Waals surface area contributed by atoms with E-state index in [1.807, 2.05) is 30.3 Å². The Bertz CT molecular complexity index is 670. The predicted molar refractivity (Wildman–Crippen MR) is 96.4 cm³/mol. The first-order chi connectivity index (χ1) is 11.3. The van der Waals surface area contributed by atoms with Gasteiger partial charge in [-0.2, -0.15) is 0 Å². The molecule has 128 valence electrons. The third-order valence-electron chi connectivity index (χ3n) is 4.21. The largest absolute Gasteiger partial charge is 0.476 e. The summed E-state index contributed by atoms with van der Waals surface area (Å²) in [6.45, 7) is 9.95. The van der Waals surface area contributed by atoms with Crippen LogP contribution in [0.2, 0.25) is 0 Å². The Morgan fingerprint density at radius 1 is 0.875 bits per heavy atom. The van der Waals surface area contributed by atoms with E-state index >= 15 is 0 Å². The molecule has 0 N–H and O–H groups in total. The molecule has 0 radical (unpaired) electrons. The monoisotopic (exact) mass is 326 g/mol. The molecule has 0 aliphatic heterocycles. The van der Waals surface area contributed by atoms with Gasteiger partial charge in [-0.05, 0) is 44.0 Å². The minimum Gasteiger partial charge on any atom is -0.476 e. The Morgan fingerprint density at radius 2 is 1.42 bits per heavy atom. The van der Waals surface area contributed by atoms with Crippen molar-refractivity contribution in [2.24, 2.45) is 0 Å². The fraction of sp³-hybridized carbons (Fsp3) is 0.381. The number of benzene rings is 2. The van der Waals surface area contributed by atoms with Crippen molar-refractivity contribution in [3.63, 3.8) is 0 Å². The Kier molecular flexibility index (Phi) is 5.33. The summed E-state index contributed by atoms with van der Waals surface area (Å²) in [5.41, 5.74) is 1.34. The first-order valence-corrected chi connectivity index (χ1v) is 8.29. The van der Waals surface area contributed by atoms with Gasteiger partial charge in [0.1, 0.15) is 5.75 Å². The summed E-state index contributed by atoms with van der Waals surface area (Å²) in [6.07, 6.45) is 0. The van der Waals surface area contributed by atoms with Crippen molar-refractivity contribution in [3.05, 3.63) is 65.7 Å². The zero-order valence-electron chi connectivity index (χ0n) is 15.1. The minimum atomic E-state index is -1.01. The van der Waals surface area contributed by atoms with E-state index in [2.05, 4.69) is 38.1 Å². The maximum Gasteiger partial charge on any atom is 0.349 e. The molecule has 24 heavy (non-hydrogen) atoms. The van der Waals surface area contributed by atoms with Crippen LogP contribution < -0.4 is 4.74 Å². The highest BCUT2D eigenvalue weighted by Gasteiger charge is 2.31. The van der Waals surface area contributed by atoms with E-state index < -0.39 is 5.60 Å². The van der Waals surface area contributed by atoms with Gasteiger partial charge < -0.3 is 9.47 Å². The number of hydrogen-bond donors (Lipinski definition) is 0. The van der Waals surface area contributed by atoms with Crippen LogP contribution in [0.15, 0.2) is 54.6 Å². The third kappa shape index (κ3) is 3.97. The molecule has 0 amide bonds. The smallest absolute Gasteiger partial charge is 0.349 e. The highest BCUT2D eigenvalue weighted by atomic mass is 16.6. The molecule has 0 atom stereocenters. The van der Waals surface area contributed by atoms with Gasteiger partial charge in [0, 0.05) is 5.41 Å². The maximum atomic E-state index is 11.9. The Morgan fingerprint density at radius 3 is 1.96 bits per heavy atom. The van der Waals surface area contributed by atoms with Gasteiger partial charge in [0.15, 0.2) is 5.60 Å². The number of carbonyl (C=O) groups excluding carboxylic acids is 1. The molecule has 0 aliphatic carbocycles. The molecule has 2 aromatic carbocycles. The Hall–Kier alpha value is -2.29. The molecule has 0 aromatic heterocycles. The summed E-state index contributed by atoms with van der Waals surface area (Å²) >= 11 is 0. The van der Waals surface area contributed by atoms with Crippen LogP contribution in [0.3, 0.4) is 0 Å². The molecule has 0 heterocycles. The van der Waals surface area contributed by atoms with Crippen molar-refractivity contribution in [2.75, 3.05) is 6.61 Å². The van der Waals surface area contributed by atoms with Crippen LogP contribution in [0, 0.1) is 0 Å². The van der Waals surface area contributed by atoms with Crippen molar-refractivity contribution in [2.45, 2.75) is 45.6 Å². The maximum absolute atomic E-state index is 11.9. The fourth-order valence-electron chi connectivity index (χ4n) is 2.60. The molecule has 0 bridgehead atoms. The molecule has 0 unspecified atom stereocenters. The molecule has 3 nitrogen and oxygen atoms in total. The highest BCUT2D eigenvalue weighted by molar-refractivity contribution is 5.79. The number of esters is 1. The van der Waals surface area contributed by atoms with Crippen molar-refractivity contribution in [1.29, 1.82) is 0 Å². The molecule has 0 fully saturated rings. The van der Waals surface area contributed by atoms with Gasteiger partial charge in [0.05, 0.1) is 6.61 Å². The van der Waals surface area contributed by atoms with Crippen LogP contribution >= 0.6 is 0 Å². The molecular formula is C21H26O3. The summed E-state index contributed by atoms with van der Waals surface area (Å²) in [4.78, 5) is 11.9. The van der Waals surface area contributed by atoms with E-state index in [1.54, 1.807) is 20.8 Å². The van der Waals surface area contributed by atoms with E-state index in [0.717, 1.165) is 0 Å². The molecule has 2 aromatic rings. The van der Waals surface area contributed by atoms with Crippen molar-refractivity contribution in [3.8, 4) is 5.75 Å². The second-order valence-electron chi connectivity index (χ2n) is 6.85. The van der Waals surface area contributed by atoms with Gasteiger partial charge in [-0.25, -0.2) is 4.79 Å². The van der Waals surface area contributed by atoms with E-state index in [9.17, 15) is 4.79 Å². The molecule has 0 spiro atoms. The van der Waals surface area contributed by atoms with Crippen molar-refractivity contribution in [1.82, 2.24) is 0 Å². The van der Waals surface area contributed by atoms with Crippen molar-refractivity contribution >= 4 is 5.97 Å². The van der Waals surface area contributed by atoms with E-state index in [0.29, 0.717) is 12.4 Å². The van der Waals surface area contributed by atoms with Crippen LogP contribution in [-0.4, -0.2) is 18.2 Å². The number of ether oxygens (including phenoxy) is 2. The average Bonchev–Trinajstić information content (AvgIpc) is 2.56. The molecule has 0 saturated heterocycles. The van der Waals surface area contributed by atoms with E-state index in [1.165, 1.54) is 11.1 Å². The quantitative estimate of drug-likeness (QED) is 0.720. The molecular weight excluding hydrogens is 300 g/mol. The van der Waals surface area contributed by atoms with Gasteiger partial charge >= 0.3 is 5.97 Å². The zero-order chi connectivity index (χ0) is 17.8. The Balaban J connectivity index is 2.18. The summed E-state index contributed by atoms with van der Waals surface area (Å²) in [5.74, 6) is 0.291. The SMILES string of the molecule is CCOC(=O)C(C)(C)Oc1ccc(C(C)(C)c2ccccc2)cc1. The standard InChI is InChI=1S/C21H26O3/c1-6-23-19(22)21(4,5)24-18-14-12-17(13-15-18)20(2,3)16-10-8-7-9-11-16/h7-15H,6H2,1-5H3. The van der Waals surface area contributed by atoms with Gasteiger partial charge in [-0.3, -0.25) is 0 Å². The highest BCUT2D eigenvalue weighted by Crippen LogP contribution is 2.32. The van der Waals surface area contributed by atoms with Crippen LogP contribution in [0.25, 0.3) is 0 Å². The average molecular weight is 326 g/mol. The second-order valence-corrected chi connectivity index (χ2v) is 6.85. The van der Waals surface area contributed by atoms with Crippen LogP contribution in [0.1, 0.15) is 45.7 Å². The van der Waals surface area contributed by atoms with Crippen LogP contribution in [0.5, 0.6) is 5.75 Å². The van der Waals surface area contributed by atoms with Gasteiger partial charge in [-0.1, -0.05) is 56.3 Å². The Labute approximate surface area is 144 Å². The zero-order valence-corrected chi connectivity index (χ0v) is 15.1. The minimum absolute atomic E-state index is 0.101. The first kappa shape index (κ1) is 18.1.